The molecule has 88 valence electrons. The number of aliphatic hydroxyl groups is 1. The minimum atomic E-state index is 0.311. The molecule has 0 spiro atoms. The quantitative estimate of drug-likeness (QED) is 0.811. The van der Waals surface area contributed by atoms with E-state index >= 15 is 0 Å². The molecule has 2 rings (SSSR count). The van der Waals surface area contributed by atoms with E-state index in [0.717, 1.165) is 24.5 Å². The van der Waals surface area contributed by atoms with E-state index in [1.54, 1.807) is 12.4 Å². The van der Waals surface area contributed by atoms with Crippen LogP contribution in [0.3, 0.4) is 0 Å². The zero-order valence-electron chi connectivity index (χ0n) is 9.69. The lowest BCUT2D eigenvalue weighted by molar-refractivity contribution is 0.199. The van der Waals surface area contributed by atoms with Crippen LogP contribution in [0, 0.1) is 18.8 Å². The third kappa shape index (κ3) is 2.50. The van der Waals surface area contributed by atoms with E-state index in [4.69, 9.17) is 0 Å². The van der Waals surface area contributed by atoms with Crippen molar-refractivity contribution in [2.75, 3.05) is 18.5 Å². The average Bonchev–Trinajstić information content (AvgIpc) is 2.75. The fraction of sp³-hybridized carbons (Fsp3) is 0.667. The topological polar surface area (TPSA) is 58.0 Å². The van der Waals surface area contributed by atoms with Gasteiger partial charge in [-0.05, 0) is 31.6 Å². The van der Waals surface area contributed by atoms with Crippen molar-refractivity contribution in [1.82, 2.24) is 9.97 Å². The van der Waals surface area contributed by atoms with Crippen molar-refractivity contribution in [3.63, 3.8) is 0 Å². The zero-order chi connectivity index (χ0) is 11.4. The van der Waals surface area contributed by atoms with Gasteiger partial charge in [0.1, 0.15) is 5.82 Å². The van der Waals surface area contributed by atoms with Crippen molar-refractivity contribution in [2.24, 2.45) is 11.8 Å². The third-order valence-corrected chi connectivity index (χ3v) is 3.46. The molecule has 1 fully saturated rings. The van der Waals surface area contributed by atoms with Crippen molar-refractivity contribution in [3.8, 4) is 0 Å². The molecule has 2 atom stereocenters. The largest absolute Gasteiger partial charge is 0.396 e. The molecule has 1 aromatic rings. The fourth-order valence-electron chi connectivity index (χ4n) is 2.43. The van der Waals surface area contributed by atoms with E-state index in [1.165, 1.54) is 12.8 Å². The molecule has 1 saturated carbocycles. The van der Waals surface area contributed by atoms with Crippen molar-refractivity contribution in [3.05, 3.63) is 18.1 Å². The number of aromatic nitrogens is 2. The Hall–Kier alpha value is -1.16. The molecular weight excluding hydrogens is 202 g/mol. The SMILES string of the molecule is Cc1nccnc1NCC1CCCC1CO. The summed E-state index contributed by atoms with van der Waals surface area (Å²) in [5, 5.41) is 12.6. The molecule has 4 nitrogen and oxygen atoms in total. The van der Waals surface area contributed by atoms with E-state index in [0.29, 0.717) is 18.4 Å². The Morgan fingerprint density at radius 2 is 2.06 bits per heavy atom. The average molecular weight is 221 g/mol. The highest BCUT2D eigenvalue weighted by Gasteiger charge is 2.26. The standard InChI is InChI=1S/C12H19N3O/c1-9-12(14-6-5-13-9)15-7-10-3-2-4-11(10)8-16/h5-6,10-11,16H,2-4,7-8H2,1H3,(H,14,15). The van der Waals surface area contributed by atoms with E-state index in [-0.39, 0.29) is 0 Å². The van der Waals surface area contributed by atoms with Gasteiger partial charge in [-0.15, -0.1) is 0 Å². The van der Waals surface area contributed by atoms with E-state index in [9.17, 15) is 5.11 Å². The summed E-state index contributed by atoms with van der Waals surface area (Å²) in [5.41, 5.74) is 0.932. The first-order chi connectivity index (χ1) is 7.81. The number of nitrogens with one attached hydrogen (secondary N) is 1. The number of aryl methyl sites for hydroxylation is 1. The van der Waals surface area contributed by atoms with Gasteiger partial charge in [-0.2, -0.15) is 0 Å². The maximum atomic E-state index is 9.23. The monoisotopic (exact) mass is 221 g/mol. The van der Waals surface area contributed by atoms with Crippen LogP contribution < -0.4 is 5.32 Å². The molecule has 2 unspecified atom stereocenters. The van der Waals surface area contributed by atoms with Crippen LogP contribution in [0.1, 0.15) is 25.0 Å². The van der Waals surface area contributed by atoms with Gasteiger partial charge in [-0.25, -0.2) is 4.98 Å². The molecule has 0 aliphatic heterocycles. The lowest BCUT2D eigenvalue weighted by Gasteiger charge is -2.18. The number of aliphatic hydroxyl groups excluding tert-OH is 1. The van der Waals surface area contributed by atoms with Crippen molar-refractivity contribution in [2.45, 2.75) is 26.2 Å². The van der Waals surface area contributed by atoms with Gasteiger partial charge in [0, 0.05) is 25.5 Å². The molecule has 4 heteroatoms. The molecule has 0 saturated heterocycles. The van der Waals surface area contributed by atoms with E-state index in [2.05, 4.69) is 15.3 Å². The molecule has 16 heavy (non-hydrogen) atoms. The summed E-state index contributed by atoms with van der Waals surface area (Å²) in [6.45, 7) is 3.16. The smallest absolute Gasteiger partial charge is 0.147 e. The summed E-state index contributed by atoms with van der Waals surface area (Å²) in [6.07, 6.45) is 7.00. The fourth-order valence-corrected chi connectivity index (χ4v) is 2.43. The molecule has 0 aromatic carbocycles. The van der Waals surface area contributed by atoms with Gasteiger partial charge in [0.2, 0.25) is 0 Å². The molecule has 1 heterocycles. The number of rotatable bonds is 4. The Kier molecular flexibility index (Phi) is 3.72. The molecule has 1 aromatic heterocycles. The van der Waals surface area contributed by atoms with Crippen molar-refractivity contribution in [1.29, 1.82) is 0 Å². The van der Waals surface area contributed by atoms with Crippen LogP contribution in [0.15, 0.2) is 12.4 Å². The lowest BCUT2D eigenvalue weighted by Crippen LogP contribution is -2.21. The van der Waals surface area contributed by atoms with Gasteiger partial charge in [0.15, 0.2) is 0 Å². The molecule has 1 aliphatic rings. The molecule has 2 N–H and O–H groups in total. The van der Waals surface area contributed by atoms with Crippen LogP contribution in [-0.2, 0) is 0 Å². The first-order valence-electron chi connectivity index (χ1n) is 5.93. The molecule has 1 aliphatic carbocycles. The van der Waals surface area contributed by atoms with Crippen LogP contribution in [0.2, 0.25) is 0 Å². The number of hydrogen-bond donors (Lipinski definition) is 2. The molecule has 0 radical (unpaired) electrons. The van der Waals surface area contributed by atoms with E-state index < -0.39 is 0 Å². The maximum absolute atomic E-state index is 9.23. The minimum absolute atomic E-state index is 0.311. The van der Waals surface area contributed by atoms with Crippen LogP contribution in [-0.4, -0.2) is 28.2 Å². The first kappa shape index (κ1) is 11.3. The van der Waals surface area contributed by atoms with Gasteiger partial charge in [0.25, 0.3) is 0 Å². The minimum Gasteiger partial charge on any atom is -0.396 e. The van der Waals surface area contributed by atoms with Crippen LogP contribution in [0.25, 0.3) is 0 Å². The highest BCUT2D eigenvalue weighted by molar-refractivity contribution is 5.38. The van der Waals surface area contributed by atoms with Crippen LogP contribution in [0.5, 0.6) is 0 Å². The van der Waals surface area contributed by atoms with Gasteiger partial charge >= 0.3 is 0 Å². The first-order valence-corrected chi connectivity index (χ1v) is 5.93. The molecule has 0 amide bonds. The maximum Gasteiger partial charge on any atom is 0.147 e. The number of nitrogens with zero attached hydrogens (tertiary/aromatic N) is 2. The Balaban J connectivity index is 1.90. The molecular formula is C12H19N3O. The lowest BCUT2D eigenvalue weighted by atomic mass is 9.97. The van der Waals surface area contributed by atoms with Gasteiger partial charge in [-0.3, -0.25) is 4.98 Å². The summed E-state index contributed by atoms with van der Waals surface area (Å²) >= 11 is 0. The number of anilines is 1. The Bertz CT molecular complexity index is 343. The summed E-state index contributed by atoms with van der Waals surface area (Å²) in [4.78, 5) is 8.44. The Labute approximate surface area is 96.1 Å². The highest BCUT2D eigenvalue weighted by Crippen LogP contribution is 2.31. The second kappa shape index (κ2) is 5.25. The third-order valence-electron chi connectivity index (χ3n) is 3.46. The predicted octanol–water partition coefficient (Wildman–Crippen LogP) is 1.61. The van der Waals surface area contributed by atoms with Gasteiger partial charge < -0.3 is 10.4 Å². The summed E-state index contributed by atoms with van der Waals surface area (Å²) in [6, 6.07) is 0. The van der Waals surface area contributed by atoms with Gasteiger partial charge in [-0.1, -0.05) is 6.42 Å². The van der Waals surface area contributed by atoms with Crippen molar-refractivity contribution >= 4 is 5.82 Å². The molecule has 0 bridgehead atoms. The van der Waals surface area contributed by atoms with Gasteiger partial charge in [0.05, 0.1) is 5.69 Å². The van der Waals surface area contributed by atoms with Crippen molar-refractivity contribution < 1.29 is 5.11 Å². The second-order valence-electron chi connectivity index (χ2n) is 4.50. The van der Waals surface area contributed by atoms with E-state index in [1.807, 2.05) is 6.92 Å². The van der Waals surface area contributed by atoms with Crippen LogP contribution in [0.4, 0.5) is 5.82 Å². The zero-order valence-corrected chi connectivity index (χ0v) is 9.69. The Morgan fingerprint density at radius 1 is 1.31 bits per heavy atom. The second-order valence-corrected chi connectivity index (χ2v) is 4.50. The summed E-state index contributed by atoms with van der Waals surface area (Å²) < 4.78 is 0. The number of hydrogen-bond acceptors (Lipinski definition) is 4. The summed E-state index contributed by atoms with van der Waals surface area (Å²) in [7, 11) is 0. The predicted molar refractivity (Wildman–Crippen MR) is 63.2 cm³/mol. The van der Waals surface area contributed by atoms with Crippen LogP contribution >= 0.6 is 0 Å². The highest BCUT2D eigenvalue weighted by atomic mass is 16.3. The Morgan fingerprint density at radius 3 is 2.81 bits per heavy atom. The normalized spacial score (nSPS) is 24.6. The summed E-state index contributed by atoms with van der Waals surface area (Å²) in [5.74, 6) is 1.90.